The molecule has 1 unspecified atom stereocenters. The molecule has 3 N–H and O–H groups in total. The number of aromatic amines is 1. The second-order valence-corrected chi connectivity index (χ2v) is 7.61. The van der Waals surface area contributed by atoms with Gasteiger partial charge in [0.15, 0.2) is 0 Å². The first kappa shape index (κ1) is 16.0. The van der Waals surface area contributed by atoms with Gasteiger partial charge in [0, 0.05) is 12.1 Å². The van der Waals surface area contributed by atoms with E-state index in [9.17, 15) is 13.2 Å². The summed E-state index contributed by atoms with van der Waals surface area (Å²) in [4.78, 5) is 12.1. The van der Waals surface area contributed by atoms with Gasteiger partial charge in [-0.2, -0.15) is 5.10 Å². The topological polar surface area (TPSA) is 104 Å². The summed E-state index contributed by atoms with van der Waals surface area (Å²) in [5, 5.41) is 9.42. The summed E-state index contributed by atoms with van der Waals surface area (Å²) in [7, 11) is -3.71. The fraction of sp³-hybridized carbons (Fsp3) is 0.286. The van der Waals surface area contributed by atoms with Gasteiger partial charge in [-0.3, -0.25) is 9.89 Å². The molecule has 1 amide bonds. The second-order valence-electron chi connectivity index (χ2n) is 5.24. The van der Waals surface area contributed by atoms with E-state index in [2.05, 4.69) is 20.2 Å². The van der Waals surface area contributed by atoms with Gasteiger partial charge in [0.1, 0.15) is 5.69 Å². The highest BCUT2D eigenvalue weighted by molar-refractivity contribution is 7.90. The van der Waals surface area contributed by atoms with Crippen molar-refractivity contribution in [1.82, 2.24) is 20.2 Å². The Hall–Kier alpha value is -1.90. The van der Waals surface area contributed by atoms with Gasteiger partial charge in [-0.15, -0.1) is 0 Å². The molecule has 1 atom stereocenters. The number of carbonyl (C=O) groups is 1. The number of rotatable bonds is 4. The minimum Gasteiger partial charge on any atom is -0.315 e. The van der Waals surface area contributed by atoms with Crippen molar-refractivity contribution in [1.29, 1.82) is 0 Å². The number of halogens is 1. The Morgan fingerprint density at radius 1 is 1.35 bits per heavy atom. The van der Waals surface area contributed by atoms with E-state index < -0.39 is 21.2 Å². The number of carbonyl (C=O) groups excluding carboxylic acids is 1. The zero-order valence-electron chi connectivity index (χ0n) is 12.0. The predicted octanol–water partition coefficient (Wildman–Crippen LogP) is 1.15. The number of benzene rings is 1. The summed E-state index contributed by atoms with van der Waals surface area (Å²) in [6, 6.07) is 8.53. The highest BCUT2D eigenvalue weighted by Crippen LogP contribution is 2.26. The summed E-state index contributed by atoms with van der Waals surface area (Å²) in [6.07, 6.45) is 0.483. The van der Waals surface area contributed by atoms with Crippen LogP contribution in [0.4, 0.5) is 0 Å². The van der Waals surface area contributed by atoms with Crippen LogP contribution in [0.15, 0.2) is 30.3 Å². The van der Waals surface area contributed by atoms with Crippen molar-refractivity contribution in [3.05, 3.63) is 41.0 Å². The minimum atomic E-state index is -3.71. The summed E-state index contributed by atoms with van der Waals surface area (Å²) in [5.41, 5.74) is 1.20. The van der Waals surface area contributed by atoms with E-state index in [1.54, 1.807) is 24.3 Å². The first-order valence-corrected chi connectivity index (χ1v) is 8.97. The Balaban J connectivity index is 1.78. The standard InChI is InChI=1S/C14H15ClN4O3S/c15-11-4-2-1-3-10(11)12-7-13(18-17-12)14(20)19-23(21,22)9-5-6-16-8-9/h1-4,7,9,16H,5-6,8H2,(H,17,18)(H,19,20). The van der Waals surface area contributed by atoms with E-state index in [-0.39, 0.29) is 5.69 Å². The maximum atomic E-state index is 12.1. The lowest BCUT2D eigenvalue weighted by molar-refractivity contribution is 0.0976. The Kier molecular flexibility index (Phi) is 4.38. The van der Waals surface area contributed by atoms with E-state index in [1.165, 1.54) is 6.07 Å². The number of hydrogen-bond acceptors (Lipinski definition) is 5. The van der Waals surface area contributed by atoms with Crippen LogP contribution in [0, 0.1) is 0 Å². The van der Waals surface area contributed by atoms with Gasteiger partial charge in [0.25, 0.3) is 5.91 Å². The molecule has 23 heavy (non-hydrogen) atoms. The zero-order chi connectivity index (χ0) is 16.4. The number of sulfonamides is 1. The van der Waals surface area contributed by atoms with Crippen LogP contribution in [0.2, 0.25) is 5.02 Å². The Labute approximate surface area is 138 Å². The molecule has 1 aliphatic heterocycles. The second kappa shape index (κ2) is 6.31. The van der Waals surface area contributed by atoms with Crippen molar-refractivity contribution in [2.24, 2.45) is 0 Å². The number of nitrogens with one attached hydrogen (secondary N) is 3. The fourth-order valence-corrected chi connectivity index (χ4v) is 3.94. The maximum absolute atomic E-state index is 12.1. The smallest absolute Gasteiger partial charge is 0.282 e. The van der Waals surface area contributed by atoms with E-state index in [0.29, 0.717) is 35.8 Å². The molecule has 9 heteroatoms. The largest absolute Gasteiger partial charge is 0.315 e. The van der Waals surface area contributed by atoms with Gasteiger partial charge in [-0.05, 0) is 25.1 Å². The third kappa shape index (κ3) is 3.39. The van der Waals surface area contributed by atoms with Crippen LogP contribution in [0.3, 0.4) is 0 Å². The number of hydrogen-bond donors (Lipinski definition) is 3. The maximum Gasteiger partial charge on any atom is 0.282 e. The number of aromatic nitrogens is 2. The molecule has 1 aliphatic rings. The summed E-state index contributed by atoms with van der Waals surface area (Å²) in [6.45, 7) is 0.969. The van der Waals surface area contributed by atoms with E-state index in [1.807, 2.05) is 0 Å². The van der Waals surface area contributed by atoms with Crippen molar-refractivity contribution in [3.8, 4) is 11.3 Å². The molecule has 1 fully saturated rings. The third-order valence-corrected chi connectivity index (χ3v) is 5.74. The van der Waals surface area contributed by atoms with Crippen molar-refractivity contribution in [2.75, 3.05) is 13.1 Å². The van der Waals surface area contributed by atoms with Crippen LogP contribution >= 0.6 is 11.6 Å². The summed E-state index contributed by atoms with van der Waals surface area (Å²) < 4.78 is 26.3. The molecule has 0 saturated carbocycles. The Bertz CT molecular complexity index is 828. The van der Waals surface area contributed by atoms with Gasteiger partial charge >= 0.3 is 0 Å². The average molecular weight is 355 g/mol. The van der Waals surface area contributed by atoms with E-state index in [4.69, 9.17) is 11.6 Å². The first-order chi connectivity index (χ1) is 11.0. The number of nitrogens with zero attached hydrogens (tertiary/aromatic N) is 1. The molecule has 0 bridgehead atoms. The van der Waals surface area contributed by atoms with Crippen molar-refractivity contribution >= 4 is 27.5 Å². The van der Waals surface area contributed by atoms with Gasteiger partial charge in [-0.25, -0.2) is 13.1 Å². The fourth-order valence-electron chi connectivity index (χ4n) is 2.41. The molecule has 1 aromatic heterocycles. The van der Waals surface area contributed by atoms with Crippen molar-refractivity contribution < 1.29 is 13.2 Å². The molecule has 122 valence electrons. The number of amides is 1. The SMILES string of the molecule is O=C(NS(=O)(=O)C1CCNC1)c1cc(-c2ccccc2Cl)n[nH]1. The lowest BCUT2D eigenvalue weighted by Gasteiger charge is -2.10. The molecule has 3 rings (SSSR count). The molecule has 7 nitrogen and oxygen atoms in total. The summed E-state index contributed by atoms with van der Waals surface area (Å²) >= 11 is 6.08. The molecule has 0 spiro atoms. The first-order valence-electron chi connectivity index (χ1n) is 7.04. The van der Waals surface area contributed by atoms with Gasteiger partial charge in [0.2, 0.25) is 10.0 Å². The predicted molar refractivity (Wildman–Crippen MR) is 86.7 cm³/mol. The third-order valence-electron chi connectivity index (χ3n) is 3.66. The van der Waals surface area contributed by atoms with Crippen LogP contribution in [0.25, 0.3) is 11.3 Å². The summed E-state index contributed by atoms with van der Waals surface area (Å²) in [5.74, 6) is -0.734. The Morgan fingerprint density at radius 2 is 2.13 bits per heavy atom. The lowest BCUT2D eigenvalue weighted by atomic mass is 10.1. The lowest BCUT2D eigenvalue weighted by Crippen LogP contribution is -2.39. The van der Waals surface area contributed by atoms with Crippen LogP contribution in [0.1, 0.15) is 16.9 Å². The van der Waals surface area contributed by atoms with Crippen LogP contribution in [0.5, 0.6) is 0 Å². The molecule has 2 aromatic rings. The minimum absolute atomic E-state index is 0.0643. The van der Waals surface area contributed by atoms with Crippen molar-refractivity contribution in [2.45, 2.75) is 11.7 Å². The normalized spacial score (nSPS) is 18.0. The van der Waals surface area contributed by atoms with Crippen LogP contribution in [-0.4, -0.2) is 42.9 Å². The van der Waals surface area contributed by atoms with Crippen LogP contribution < -0.4 is 10.0 Å². The Morgan fingerprint density at radius 3 is 2.83 bits per heavy atom. The molecule has 2 heterocycles. The average Bonchev–Trinajstić information content (AvgIpc) is 3.19. The van der Waals surface area contributed by atoms with Gasteiger partial charge < -0.3 is 5.32 Å². The van der Waals surface area contributed by atoms with Gasteiger partial charge in [0.05, 0.1) is 16.0 Å². The molecule has 1 saturated heterocycles. The molecular formula is C14H15ClN4O3S. The number of H-pyrrole nitrogens is 1. The highest BCUT2D eigenvalue weighted by Gasteiger charge is 2.30. The highest BCUT2D eigenvalue weighted by atomic mass is 35.5. The van der Waals surface area contributed by atoms with E-state index >= 15 is 0 Å². The monoisotopic (exact) mass is 354 g/mol. The van der Waals surface area contributed by atoms with E-state index in [0.717, 1.165) is 0 Å². The molecule has 1 aromatic carbocycles. The van der Waals surface area contributed by atoms with Gasteiger partial charge in [-0.1, -0.05) is 29.8 Å². The zero-order valence-corrected chi connectivity index (χ0v) is 13.6. The quantitative estimate of drug-likeness (QED) is 0.764. The molecule has 0 aliphatic carbocycles. The molecular weight excluding hydrogens is 340 g/mol. The van der Waals surface area contributed by atoms with Crippen LogP contribution in [-0.2, 0) is 10.0 Å². The molecule has 0 radical (unpaired) electrons. The van der Waals surface area contributed by atoms with Crippen molar-refractivity contribution in [3.63, 3.8) is 0 Å².